The Bertz CT molecular complexity index is 887. The first-order valence-corrected chi connectivity index (χ1v) is 9.59. The fourth-order valence-electron chi connectivity index (χ4n) is 3.43. The van der Waals surface area contributed by atoms with Crippen molar-refractivity contribution < 1.29 is 19.4 Å². The summed E-state index contributed by atoms with van der Waals surface area (Å²) in [6.45, 7) is 1.68. The van der Waals surface area contributed by atoms with E-state index in [0.717, 1.165) is 29.1 Å². The average molecular weight is 398 g/mol. The Balaban J connectivity index is 1.54. The van der Waals surface area contributed by atoms with Gasteiger partial charge in [-0.3, -0.25) is 9.59 Å². The third kappa shape index (κ3) is 5.60. The minimum Gasteiger partial charge on any atom is -0.494 e. The highest BCUT2D eigenvalue weighted by molar-refractivity contribution is 5.84. The van der Waals surface area contributed by atoms with Gasteiger partial charge in [0.2, 0.25) is 5.91 Å². The van der Waals surface area contributed by atoms with Crippen molar-refractivity contribution in [1.82, 2.24) is 9.88 Å². The Labute approximate surface area is 169 Å². The highest BCUT2D eigenvalue weighted by Crippen LogP contribution is 2.27. The molecular weight excluding hydrogens is 372 g/mol. The maximum atomic E-state index is 12.4. The molecule has 1 atom stereocenters. The highest BCUT2D eigenvalue weighted by Gasteiger charge is 2.29. The molecule has 8 heteroatoms. The van der Waals surface area contributed by atoms with Crippen molar-refractivity contribution in [2.75, 3.05) is 31.2 Å². The number of nitrogens with two attached hydrogens (primary N) is 1. The number of carbonyl (C=O) groups is 2. The summed E-state index contributed by atoms with van der Waals surface area (Å²) in [5.41, 5.74) is 8.38. The molecule has 154 valence electrons. The third-order valence-electron chi connectivity index (χ3n) is 4.88. The Hall–Kier alpha value is -3.29. The number of hydrogen-bond acceptors (Lipinski definition) is 6. The van der Waals surface area contributed by atoms with E-state index in [0.29, 0.717) is 31.8 Å². The molecule has 1 aromatic heterocycles. The molecule has 29 heavy (non-hydrogen) atoms. The van der Waals surface area contributed by atoms with Gasteiger partial charge in [-0.2, -0.15) is 0 Å². The van der Waals surface area contributed by atoms with Crippen LogP contribution in [0.25, 0.3) is 0 Å². The van der Waals surface area contributed by atoms with Gasteiger partial charge in [-0.05, 0) is 42.2 Å². The minimum absolute atomic E-state index is 0.132. The van der Waals surface area contributed by atoms with E-state index in [-0.39, 0.29) is 12.3 Å². The Kier molecular flexibility index (Phi) is 6.54. The van der Waals surface area contributed by atoms with Gasteiger partial charge in [-0.1, -0.05) is 6.07 Å². The number of benzene rings is 1. The summed E-state index contributed by atoms with van der Waals surface area (Å²) in [5, 5.41) is 12.3. The molecule has 2 aromatic rings. The number of fused-ring (bicyclic) bond motifs is 1. The topological polar surface area (TPSA) is 118 Å². The number of nitrogens with one attached hydrogen (secondary N) is 1. The van der Waals surface area contributed by atoms with Crippen molar-refractivity contribution in [3.63, 3.8) is 0 Å². The van der Waals surface area contributed by atoms with E-state index >= 15 is 0 Å². The first kappa shape index (κ1) is 20.4. The van der Waals surface area contributed by atoms with Crippen LogP contribution >= 0.6 is 0 Å². The molecule has 1 aliphatic heterocycles. The van der Waals surface area contributed by atoms with Gasteiger partial charge in [0.1, 0.15) is 11.6 Å². The molecule has 0 bridgehead atoms. The second-order valence-electron chi connectivity index (χ2n) is 7.23. The molecule has 4 N–H and O–H groups in total. The molecule has 2 heterocycles. The van der Waals surface area contributed by atoms with E-state index < -0.39 is 11.9 Å². The van der Waals surface area contributed by atoms with Crippen molar-refractivity contribution >= 4 is 23.4 Å². The maximum absolute atomic E-state index is 12.4. The second-order valence-corrected chi connectivity index (χ2v) is 7.23. The number of hydrogen-bond donors (Lipinski definition) is 3. The largest absolute Gasteiger partial charge is 0.494 e. The predicted molar refractivity (Wildman–Crippen MR) is 110 cm³/mol. The van der Waals surface area contributed by atoms with Gasteiger partial charge in [0.05, 0.1) is 18.9 Å². The molecule has 8 nitrogen and oxygen atoms in total. The van der Waals surface area contributed by atoms with Gasteiger partial charge in [0, 0.05) is 38.1 Å². The maximum Gasteiger partial charge on any atom is 0.304 e. The summed E-state index contributed by atoms with van der Waals surface area (Å²) in [5.74, 6) is -0.145. The molecule has 0 radical (unpaired) electrons. The van der Waals surface area contributed by atoms with Gasteiger partial charge in [-0.15, -0.1) is 0 Å². The minimum atomic E-state index is -0.956. The van der Waals surface area contributed by atoms with Crippen LogP contribution in [0.3, 0.4) is 0 Å². The lowest BCUT2D eigenvalue weighted by Crippen LogP contribution is -2.32. The Morgan fingerprint density at radius 1 is 1.34 bits per heavy atom. The Morgan fingerprint density at radius 2 is 2.17 bits per heavy atom. The van der Waals surface area contributed by atoms with Crippen molar-refractivity contribution in [1.29, 1.82) is 0 Å². The normalized spacial score (nSPS) is 16.1. The molecule has 1 unspecified atom stereocenters. The van der Waals surface area contributed by atoms with Crippen molar-refractivity contribution in [3.05, 3.63) is 47.7 Å². The summed E-state index contributed by atoms with van der Waals surface area (Å²) in [6, 6.07) is 9.26. The van der Waals surface area contributed by atoms with E-state index in [4.69, 9.17) is 15.6 Å². The number of rotatable bonds is 8. The number of carboxylic acid groups (broad SMARTS) is 1. The summed E-state index contributed by atoms with van der Waals surface area (Å²) in [7, 11) is 1.70. The molecule has 1 aromatic carbocycles. The molecule has 1 aliphatic rings. The van der Waals surface area contributed by atoms with E-state index in [1.807, 2.05) is 18.2 Å². The standard InChI is InChI=1S/C21H26N4O4/c1-25-13-16-10-18(4-3-14(16)9-15(21(25)28)11-20(26)27)29-8-2-6-23-19-12-17(22)5-7-24-19/h3-5,7,10,12,15H,2,6,8-9,11,13H2,1H3,(H,26,27)(H3,22,23,24). The highest BCUT2D eigenvalue weighted by atomic mass is 16.5. The number of nitrogen functional groups attached to an aromatic ring is 1. The van der Waals surface area contributed by atoms with Crippen LogP contribution in [0.5, 0.6) is 5.75 Å². The van der Waals surface area contributed by atoms with Crippen LogP contribution in [0.15, 0.2) is 36.5 Å². The molecule has 0 saturated carbocycles. The predicted octanol–water partition coefficient (Wildman–Crippen LogP) is 2.15. The Morgan fingerprint density at radius 3 is 2.93 bits per heavy atom. The fraction of sp³-hybridized carbons (Fsp3) is 0.381. The number of carbonyl (C=O) groups excluding carboxylic acids is 1. The zero-order valence-corrected chi connectivity index (χ0v) is 16.4. The van der Waals surface area contributed by atoms with E-state index in [2.05, 4.69) is 10.3 Å². The number of aromatic nitrogens is 1. The number of anilines is 2. The monoisotopic (exact) mass is 398 g/mol. The number of amides is 1. The fourth-order valence-corrected chi connectivity index (χ4v) is 3.43. The summed E-state index contributed by atoms with van der Waals surface area (Å²) in [4.78, 5) is 29.3. The van der Waals surface area contributed by atoms with Crippen LogP contribution in [-0.2, 0) is 22.6 Å². The number of pyridine rings is 1. The quantitative estimate of drug-likeness (QED) is 0.583. The second kappa shape index (κ2) is 9.27. The smallest absolute Gasteiger partial charge is 0.304 e. The van der Waals surface area contributed by atoms with E-state index in [9.17, 15) is 9.59 Å². The van der Waals surface area contributed by atoms with Gasteiger partial charge in [0.15, 0.2) is 0 Å². The van der Waals surface area contributed by atoms with Crippen LogP contribution in [0.1, 0.15) is 24.0 Å². The first-order valence-electron chi connectivity index (χ1n) is 9.59. The molecular formula is C21H26N4O4. The third-order valence-corrected chi connectivity index (χ3v) is 4.88. The van der Waals surface area contributed by atoms with Gasteiger partial charge in [-0.25, -0.2) is 4.98 Å². The van der Waals surface area contributed by atoms with Crippen LogP contribution < -0.4 is 15.8 Å². The molecule has 1 amide bonds. The SMILES string of the molecule is CN1Cc2cc(OCCCNc3cc(N)ccn3)ccc2CC(CC(=O)O)C1=O. The first-order chi connectivity index (χ1) is 13.9. The van der Waals surface area contributed by atoms with Crippen LogP contribution in [-0.4, -0.2) is 47.1 Å². The average Bonchev–Trinajstić information content (AvgIpc) is 2.78. The van der Waals surface area contributed by atoms with Gasteiger partial charge >= 0.3 is 5.97 Å². The van der Waals surface area contributed by atoms with Gasteiger partial charge < -0.3 is 25.8 Å². The van der Waals surface area contributed by atoms with Crippen molar-refractivity contribution in [3.8, 4) is 5.75 Å². The molecule has 0 spiro atoms. The van der Waals surface area contributed by atoms with Crippen LogP contribution in [0, 0.1) is 5.92 Å². The lowest BCUT2D eigenvalue weighted by molar-refractivity contribution is -0.143. The lowest BCUT2D eigenvalue weighted by Gasteiger charge is -2.18. The molecule has 0 fully saturated rings. The summed E-state index contributed by atoms with van der Waals surface area (Å²) in [6.07, 6.45) is 2.72. The molecule has 0 saturated heterocycles. The van der Waals surface area contributed by atoms with Gasteiger partial charge in [0.25, 0.3) is 0 Å². The number of aliphatic carboxylic acids is 1. The zero-order chi connectivity index (χ0) is 20.8. The van der Waals surface area contributed by atoms with E-state index in [1.165, 1.54) is 0 Å². The number of carboxylic acids is 1. The molecule has 0 aliphatic carbocycles. The van der Waals surface area contributed by atoms with Crippen molar-refractivity contribution in [2.24, 2.45) is 5.92 Å². The summed E-state index contributed by atoms with van der Waals surface area (Å²) < 4.78 is 5.85. The molecule has 3 rings (SSSR count). The van der Waals surface area contributed by atoms with E-state index in [1.54, 1.807) is 30.3 Å². The van der Waals surface area contributed by atoms with Crippen LogP contribution in [0.4, 0.5) is 11.5 Å². The van der Waals surface area contributed by atoms with Crippen molar-refractivity contribution in [2.45, 2.75) is 25.8 Å². The van der Waals surface area contributed by atoms with Crippen LogP contribution in [0.2, 0.25) is 0 Å². The number of ether oxygens (including phenoxy) is 1. The zero-order valence-electron chi connectivity index (χ0n) is 16.4. The summed E-state index contributed by atoms with van der Waals surface area (Å²) >= 11 is 0. The number of nitrogens with zero attached hydrogens (tertiary/aromatic N) is 2. The lowest BCUT2D eigenvalue weighted by atomic mass is 9.94.